The van der Waals surface area contributed by atoms with Crippen LogP contribution in [-0.2, 0) is 0 Å². The Labute approximate surface area is 136 Å². The van der Waals surface area contributed by atoms with Crippen LogP contribution in [0.1, 0.15) is 16.8 Å². The molecule has 1 N–H and O–H groups in total. The maximum Gasteiger partial charge on any atom is 0.253 e. The topological polar surface area (TPSA) is 59.8 Å². The largest absolute Gasteiger partial charge is 0.352 e. The number of benzene rings is 1. The van der Waals surface area contributed by atoms with Gasteiger partial charge in [-0.15, -0.1) is 0 Å². The molecule has 5 nitrogen and oxygen atoms in total. The first-order chi connectivity index (χ1) is 11.5. The fourth-order valence-corrected chi connectivity index (χ4v) is 2.60. The van der Waals surface area contributed by atoms with Crippen molar-refractivity contribution in [2.45, 2.75) is 12.3 Å². The highest BCUT2D eigenvalue weighted by Gasteiger charge is 2.56. The van der Waals surface area contributed by atoms with Crippen molar-refractivity contribution in [3.05, 3.63) is 54.5 Å². The van der Waals surface area contributed by atoms with Gasteiger partial charge in [-0.3, -0.25) is 9.78 Å². The van der Waals surface area contributed by atoms with Gasteiger partial charge in [0.05, 0.1) is 17.4 Å². The van der Waals surface area contributed by atoms with Gasteiger partial charge in [-0.2, -0.15) is 5.10 Å². The molecule has 0 aliphatic heterocycles. The van der Waals surface area contributed by atoms with Crippen LogP contribution in [0.4, 0.5) is 8.78 Å². The lowest BCUT2D eigenvalue weighted by molar-refractivity contribution is 0.0895. The Morgan fingerprint density at radius 3 is 2.92 bits per heavy atom. The summed E-state index contributed by atoms with van der Waals surface area (Å²) in [5.41, 5.74) is 1.98. The molecule has 2 aromatic heterocycles. The molecular formula is C17H14F2N4O. The summed E-state index contributed by atoms with van der Waals surface area (Å²) in [6.07, 6.45) is 5.02. The Morgan fingerprint density at radius 2 is 2.21 bits per heavy atom. The van der Waals surface area contributed by atoms with Gasteiger partial charge in [-0.1, -0.05) is 0 Å². The molecule has 1 atom stereocenters. The van der Waals surface area contributed by atoms with Crippen LogP contribution in [0.5, 0.6) is 0 Å². The van der Waals surface area contributed by atoms with Crippen LogP contribution < -0.4 is 5.32 Å². The minimum atomic E-state index is -2.62. The standard InChI is InChI=1S/C17H14F2N4O/c18-17(19)7-13(17)8-21-16(24)11-3-4-15-12(6-11)10-23(22-15)14-2-1-5-20-9-14/h1-6,9-10,13H,7-8H2,(H,21,24). The molecule has 3 aromatic rings. The Bertz CT molecular complexity index is 907. The van der Waals surface area contributed by atoms with E-state index in [2.05, 4.69) is 15.4 Å². The van der Waals surface area contributed by atoms with Crippen molar-refractivity contribution in [3.8, 4) is 5.69 Å². The van der Waals surface area contributed by atoms with E-state index in [-0.39, 0.29) is 18.9 Å². The fraction of sp³-hybridized carbons (Fsp3) is 0.235. The normalized spacial score (nSPS) is 18.5. The number of alkyl halides is 2. The van der Waals surface area contributed by atoms with Gasteiger partial charge in [0.2, 0.25) is 0 Å². The lowest BCUT2D eigenvalue weighted by atomic mass is 10.1. The molecule has 0 saturated heterocycles. The minimum Gasteiger partial charge on any atom is -0.352 e. The Morgan fingerprint density at radius 1 is 1.38 bits per heavy atom. The van der Waals surface area contributed by atoms with E-state index >= 15 is 0 Å². The maximum atomic E-state index is 12.9. The van der Waals surface area contributed by atoms with Crippen LogP contribution in [0.2, 0.25) is 0 Å². The molecule has 0 bridgehead atoms. The number of nitrogens with zero attached hydrogens (tertiary/aromatic N) is 3. The first kappa shape index (κ1) is 14.7. The molecule has 122 valence electrons. The fourth-order valence-electron chi connectivity index (χ4n) is 2.60. The molecule has 0 spiro atoms. The molecule has 1 unspecified atom stereocenters. The van der Waals surface area contributed by atoms with E-state index in [0.717, 1.165) is 16.6 Å². The number of carbonyl (C=O) groups excluding carboxylic acids is 1. The predicted octanol–water partition coefficient (Wildman–Crippen LogP) is 2.81. The van der Waals surface area contributed by atoms with Crippen molar-refractivity contribution >= 4 is 16.8 Å². The van der Waals surface area contributed by atoms with E-state index in [4.69, 9.17) is 0 Å². The molecule has 7 heteroatoms. The summed E-state index contributed by atoms with van der Waals surface area (Å²) in [4.78, 5) is 16.2. The molecule has 1 amide bonds. The van der Waals surface area contributed by atoms with Crippen molar-refractivity contribution in [3.63, 3.8) is 0 Å². The third-order valence-corrected chi connectivity index (χ3v) is 4.14. The molecule has 4 rings (SSSR count). The number of fused-ring (bicyclic) bond motifs is 1. The Balaban J connectivity index is 1.53. The summed E-state index contributed by atoms with van der Waals surface area (Å²) in [5.74, 6) is -3.71. The van der Waals surface area contributed by atoms with Crippen LogP contribution in [0.25, 0.3) is 16.6 Å². The van der Waals surface area contributed by atoms with Crippen molar-refractivity contribution < 1.29 is 13.6 Å². The molecule has 2 heterocycles. The minimum absolute atomic E-state index is 0.00117. The van der Waals surface area contributed by atoms with Gasteiger partial charge < -0.3 is 5.32 Å². The number of hydrogen-bond donors (Lipinski definition) is 1. The number of pyridine rings is 1. The second-order valence-electron chi connectivity index (χ2n) is 5.93. The molecule has 1 aliphatic carbocycles. The van der Waals surface area contributed by atoms with E-state index in [9.17, 15) is 13.6 Å². The lowest BCUT2D eigenvalue weighted by Crippen LogP contribution is -2.26. The van der Waals surface area contributed by atoms with E-state index in [1.54, 1.807) is 41.5 Å². The van der Waals surface area contributed by atoms with Gasteiger partial charge in [0, 0.05) is 42.2 Å². The highest BCUT2D eigenvalue weighted by molar-refractivity contribution is 5.97. The third kappa shape index (κ3) is 2.73. The van der Waals surface area contributed by atoms with Gasteiger partial charge in [-0.05, 0) is 30.3 Å². The Kier molecular flexibility index (Phi) is 3.30. The monoisotopic (exact) mass is 328 g/mol. The number of carbonyl (C=O) groups is 1. The van der Waals surface area contributed by atoms with E-state index in [1.165, 1.54) is 0 Å². The summed E-state index contributed by atoms with van der Waals surface area (Å²) in [5, 5.41) is 7.79. The number of rotatable bonds is 4. The zero-order valence-electron chi connectivity index (χ0n) is 12.6. The number of halogens is 2. The molecule has 1 saturated carbocycles. The second-order valence-corrected chi connectivity index (χ2v) is 5.93. The lowest BCUT2D eigenvalue weighted by Gasteiger charge is -2.04. The third-order valence-electron chi connectivity index (χ3n) is 4.14. The average Bonchev–Trinajstić information content (AvgIpc) is 3.01. The van der Waals surface area contributed by atoms with Crippen LogP contribution in [0.3, 0.4) is 0 Å². The molecular weight excluding hydrogens is 314 g/mol. The summed E-state index contributed by atoms with van der Waals surface area (Å²) in [7, 11) is 0. The number of hydrogen-bond acceptors (Lipinski definition) is 3. The second kappa shape index (κ2) is 5.36. The van der Waals surface area contributed by atoms with Crippen LogP contribution in [-0.4, -0.2) is 33.1 Å². The summed E-state index contributed by atoms with van der Waals surface area (Å²) >= 11 is 0. The van der Waals surface area contributed by atoms with Crippen molar-refractivity contribution in [1.82, 2.24) is 20.1 Å². The Hall–Kier alpha value is -2.83. The summed E-state index contributed by atoms with van der Waals surface area (Å²) < 4.78 is 27.4. The quantitative estimate of drug-likeness (QED) is 0.801. The molecule has 24 heavy (non-hydrogen) atoms. The van der Waals surface area contributed by atoms with Gasteiger partial charge in [0.15, 0.2) is 0 Å². The molecule has 1 fully saturated rings. The predicted molar refractivity (Wildman–Crippen MR) is 84.3 cm³/mol. The first-order valence-electron chi connectivity index (χ1n) is 7.59. The highest BCUT2D eigenvalue weighted by Crippen LogP contribution is 2.47. The van der Waals surface area contributed by atoms with Crippen molar-refractivity contribution in [2.75, 3.05) is 6.54 Å². The summed E-state index contributed by atoms with van der Waals surface area (Å²) in [6, 6.07) is 8.78. The van der Waals surface area contributed by atoms with E-state index in [1.807, 2.05) is 12.1 Å². The van der Waals surface area contributed by atoms with E-state index < -0.39 is 11.8 Å². The van der Waals surface area contributed by atoms with Crippen molar-refractivity contribution in [1.29, 1.82) is 0 Å². The van der Waals surface area contributed by atoms with Crippen LogP contribution >= 0.6 is 0 Å². The van der Waals surface area contributed by atoms with Gasteiger partial charge in [-0.25, -0.2) is 13.5 Å². The summed E-state index contributed by atoms with van der Waals surface area (Å²) in [6.45, 7) is -0.00117. The molecule has 1 aliphatic rings. The molecule has 1 aromatic carbocycles. The van der Waals surface area contributed by atoms with E-state index in [0.29, 0.717) is 5.56 Å². The number of nitrogens with one attached hydrogen (secondary N) is 1. The first-order valence-corrected chi connectivity index (χ1v) is 7.59. The number of amides is 1. The highest BCUT2D eigenvalue weighted by atomic mass is 19.3. The number of aromatic nitrogens is 3. The SMILES string of the molecule is O=C(NCC1CC1(F)F)c1ccc2nn(-c3cccnc3)cc2c1. The smallest absolute Gasteiger partial charge is 0.253 e. The van der Waals surface area contributed by atoms with Crippen LogP contribution in [0.15, 0.2) is 48.9 Å². The van der Waals surface area contributed by atoms with Gasteiger partial charge >= 0.3 is 0 Å². The average molecular weight is 328 g/mol. The zero-order valence-corrected chi connectivity index (χ0v) is 12.6. The van der Waals surface area contributed by atoms with Crippen molar-refractivity contribution in [2.24, 2.45) is 5.92 Å². The van der Waals surface area contributed by atoms with Gasteiger partial charge in [0.1, 0.15) is 0 Å². The van der Waals surface area contributed by atoms with Crippen LogP contribution in [0, 0.1) is 5.92 Å². The molecule has 0 radical (unpaired) electrons. The van der Waals surface area contributed by atoms with Gasteiger partial charge in [0.25, 0.3) is 11.8 Å². The zero-order chi connectivity index (χ0) is 16.7. The maximum absolute atomic E-state index is 12.9.